The topological polar surface area (TPSA) is 78.9 Å². The number of benzene rings is 1. The molecule has 0 aromatic heterocycles. The number of rotatable bonds is 4. The Labute approximate surface area is 105 Å². The largest absolute Gasteiger partial charge is 0.395 e. The third-order valence-electron chi connectivity index (χ3n) is 3.23. The number of anilines is 1. The Balaban J connectivity index is 2.09. The van der Waals surface area contributed by atoms with Crippen LogP contribution >= 0.6 is 0 Å². The smallest absolute Gasteiger partial charge is 0.176 e. The zero-order valence-corrected chi connectivity index (χ0v) is 9.87. The molecule has 1 saturated carbocycles. The van der Waals surface area contributed by atoms with Crippen LogP contribution < -0.4 is 11.1 Å². The van der Waals surface area contributed by atoms with Gasteiger partial charge in [-0.15, -0.1) is 0 Å². The van der Waals surface area contributed by atoms with Crippen LogP contribution in [0.15, 0.2) is 12.1 Å². The van der Waals surface area contributed by atoms with Gasteiger partial charge in [0.2, 0.25) is 0 Å². The number of hydrogen-bond donors (Lipinski definition) is 2. The summed E-state index contributed by atoms with van der Waals surface area (Å²) in [7, 11) is 0. The van der Waals surface area contributed by atoms with Crippen molar-refractivity contribution in [2.24, 2.45) is 0 Å². The van der Waals surface area contributed by atoms with E-state index >= 15 is 0 Å². The van der Waals surface area contributed by atoms with Crippen molar-refractivity contribution in [1.29, 1.82) is 5.26 Å². The van der Waals surface area contributed by atoms with Crippen LogP contribution in [-0.4, -0.2) is 18.4 Å². The quantitative estimate of drug-likeness (QED) is 0.625. The Bertz CT molecular complexity index is 518. The van der Waals surface area contributed by atoms with E-state index in [1.807, 2.05) is 0 Å². The van der Waals surface area contributed by atoms with Crippen molar-refractivity contribution < 1.29 is 9.18 Å². The van der Waals surface area contributed by atoms with Gasteiger partial charge in [-0.1, -0.05) is 6.42 Å². The second-order valence-electron chi connectivity index (χ2n) is 4.46. The molecular formula is C13H14FN3O. The monoisotopic (exact) mass is 247 g/mol. The maximum Gasteiger partial charge on any atom is 0.176 e. The van der Waals surface area contributed by atoms with Crippen molar-refractivity contribution in [1.82, 2.24) is 5.32 Å². The van der Waals surface area contributed by atoms with Gasteiger partial charge in [0.25, 0.3) is 0 Å². The lowest BCUT2D eigenvalue weighted by atomic mass is 9.93. The number of nitrogens with zero attached hydrogens (tertiary/aromatic N) is 1. The van der Waals surface area contributed by atoms with Crippen molar-refractivity contribution in [3.05, 3.63) is 29.1 Å². The molecular weight excluding hydrogens is 233 g/mol. The van der Waals surface area contributed by atoms with Crippen molar-refractivity contribution >= 4 is 11.5 Å². The summed E-state index contributed by atoms with van der Waals surface area (Å²) in [5.74, 6) is -0.946. The molecule has 1 aliphatic rings. The average molecular weight is 247 g/mol. The minimum atomic E-state index is -0.721. The van der Waals surface area contributed by atoms with E-state index in [2.05, 4.69) is 5.32 Å². The summed E-state index contributed by atoms with van der Waals surface area (Å²) in [6.07, 6.45) is 3.33. The minimum Gasteiger partial charge on any atom is -0.395 e. The summed E-state index contributed by atoms with van der Waals surface area (Å²) in [4.78, 5) is 11.8. The molecule has 0 bridgehead atoms. The van der Waals surface area contributed by atoms with Crippen LogP contribution in [0, 0.1) is 17.1 Å². The van der Waals surface area contributed by atoms with Gasteiger partial charge in [-0.3, -0.25) is 4.79 Å². The number of carbonyl (C=O) groups excluding carboxylic acids is 1. The van der Waals surface area contributed by atoms with Crippen LogP contribution in [0.4, 0.5) is 10.1 Å². The fourth-order valence-electron chi connectivity index (χ4n) is 1.82. The molecule has 1 aromatic rings. The predicted molar refractivity (Wildman–Crippen MR) is 65.5 cm³/mol. The maximum atomic E-state index is 13.4. The van der Waals surface area contributed by atoms with E-state index in [-0.39, 0.29) is 29.1 Å². The van der Waals surface area contributed by atoms with E-state index in [0.29, 0.717) is 6.04 Å². The number of nitrogens with one attached hydrogen (secondary N) is 1. The van der Waals surface area contributed by atoms with Crippen LogP contribution in [0.1, 0.15) is 35.2 Å². The number of nitrogens with two attached hydrogens (primary N) is 1. The molecule has 0 atom stereocenters. The highest BCUT2D eigenvalue weighted by atomic mass is 19.1. The molecule has 0 saturated heterocycles. The van der Waals surface area contributed by atoms with Crippen LogP contribution in [0.2, 0.25) is 0 Å². The number of hydrogen-bond acceptors (Lipinski definition) is 4. The summed E-state index contributed by atoms with van der Waals surface area (Å²) in [6, 6.07) is 4.59. The van der Waals surface area contributed by atoms with Gasteiger partial charge in [-0.25, -0.2) is 4.39 Å². The van der Waals surface area contributed by atoms with Gasteiger partial charge < -0.3 is 11.1 Å². The van der Waals surface area contributed by atoms with E-state index in [0.717, 1.165) is 18.9 Å². The third kappa shape index (κ3) is 2.49. The SMILES string of the molecule is N#Cc1cc(C(=O)CNC2CCC2)cc(F)c1N. The molecule has 0 spiro atoms. The molecule has 0 amide bonds. The minimum absolute atomic E-state index is 0.00185. The fraction of sp³-hybridized carbons (Fsp3) is 0.385. The number of ketones is 1. The second-order valence-corrected chi connectivity index (χ2v) is 4.46. The first kappa shape index (κ1) is 12.5. The van der Waals surface area contributed by atoms with Crippen molar-refractivity contribution in [2.75, 3.05) is 12.3 Å². The standard InChI is InChI=1S/C13H14FN3O/c14-11-5-8(4-9(6-15)13(11)16)12(18)7-17-10-2-1-3-10/h4-5,10,17H,1-3,7,16H2. The lowest BCUT2D eigenvalue weighted by Gasteiger charge is -2.26. The predicted octanol–water partition coefficient (Wildman–Crippen LogP) is 1.60. The summed E-state index contributed by atoms with van der Waals surface area (Å²) in [6.45, 7) is 0.166. The molecule has 3 N–H and O–H groups in total. The van der Waals surface area contributed by atoms with Crippen LogP contribution in [0.5, 0.6) is 0 Å². The molecule has 1 aliphatic carbocycles. The Kier molecular flexibility index (Phi) is 3.58. The molecule has 0 radical (unpaired) electrons. The van der Waals surface area contributed by atoms with E-state index in [4.69, 9.17) is 11.0 Å². The summed E-state index contributed by atoms with van der Waals surface area (Å²) >= 11 is 0. The molecule has 4 nitrogen and oxygen atoms in total. The number of halogens is 1. The Morgan fingerprint density at radius 3 is 2.83 bits per heavy atom. The number of carbonyl (C=O) groups is 1. The van der Waals surface area contributed by atoms with Crippen LogP contribution in [-0.2, 0) is 0 Å². The summed E-state index contributed by atoms with van der Waals surface area (Å²) < 4.78 is 13.4. The van der Waals surface area contributed by atoms with Crippen LogP contribution in [0.3, 0.4) is 0 Å². The van der Waals surface area contributed by atoms with Gasteiger partial charge in [-0.2, -0.15) is 5.26 Å². The molecule has 94 valence electrons. The van der Waals surface area contributed by atoms with Gasteiger partial charge >= 0.3 is 0 Å². The van der Waals surface area contributed by atoms with E-state index in [9.17, 15) is 9.18 Å². The molecule has 1 fully saturated rings. The van der Waals surface area contributed by atoms with E-state index in [1.54, 1.807) is 6.07 Å². The first-order chi connectivity index (χ1) is 8.61. The highest BCUT2D eigenvalue weighted by molar-refractivity contribution is 5.98. The van der Waals surface area contributed by atoms with Gasteiger partial charge in [0.15, 0.2) is 5.78 Å². The molecule has 0 unspecified atom stereocenters. The lowest BCUT2D eigenvalue weighted by Crippen LogP contribution is -2.38. The van der Waals surface area contributed by atoms with Crippen molar-refractivity contribution in [2.45, 2.75) is 25.3 Å². The third-order valence-corrected chi connectivity index (χ3v) is 3.23. The zero-order valence-electron chi connectivity index (χ0n) is 9.87. The van der Waals surface area contributed by atoms with E-state index < -0.39 is 5.82 Å². The molecule has 2 rings (SSSR count). The van der Waals surface area contributed by atoms with Gasteiger partial charge in [0.05, 0.1) is 17.8 Å². The highest BCUT2D eigenvalue weighted by Crippen LogP contribution is 2.20. The van der Waals surface area contributed by atoms with Crippen LogP contribution in [0.25, 0.3) is 0 Å². The highest BCUT2D eigenvalue weighted by Gasteiger charge is 2.19. The zero-order chi connectivity index (χ0) is 13.1. The number of nitrogen functional groups attached to an aromatic ring is 1. The number of Topliss-reactive ketones (excluding diaryl/α,β-unsaturated/α-hetero) is 1. The van der Waals surface area contributed by atoms with E-state index in [1.165, 1.54) is 12.5 Å². The Morgan fingerprint density at radius 1 is 1.56 bits per heavy atom. The molecule has 1 aromatic carbocycles. The average Bonchev–Trinajstić information content (AvgIpc) is 2.30. The van der Waals surface area contributed by atoms with Gasteiger partial charge in [-0.05, 0) is 25.0 Å². The lowest BCUT2D eigenvalue weighted by molar-refractivity contribution is 0.0981. The number of nitriles is 1. The van der Waals surface area contributed by atoms with Crippen molar-refractivity contribution in [3.8, 4) is 6.07 Å². The summed E-state index contributed by atoms with van der Waals surface area (Å²) in [5, 5.41) is 11.9. The first-order valence-electron chi connectivity index (χ1n) is 5.87. The Hall–Kier alpha value is -1.93. The van der Waals surface area contributed by atoms with Gasteiger partial charge in [0, 0.05) is 11.6 Å². The summed E-state index contributed by atoms with van der Waals surface area (Å²) in [5.41, 5.74) is 5.37. The Morgan fingerprint density at radius 2 is 2.28 bits per heavy atom. The fourth-order valence-corrected chi connectivity index (χ4v) is 1.82. The molecule has 18 heavy (non-hydrogen) atoms. The maximum absolute atomic E-state index is 13.4. The molecule has 5 heteroatoms. The van der Waals surface area contributed by atoms with Crippen molar-refractivity contribution in [3.63, 3.8) is 0 Å². The first-order valence-corrected chi connectivity index (χ1v) is 5.87. The molecule has 0 aliphatic heterocycles. The molecule has 0 heterocycles. The van der Waals surface area contributed by atoms with Gasteiger partial charge in [0.1, 0.15) is 11.9 Å². The normalized spacial score (nSPS) is 14.9. The second kappa shape index (κ2) is 5.15.